The van der Waals surface area contributed by atoms with Crippen molar-refractivity contribution < 1.29 is 9.59 Å². The lowest BCUT2D eigenvalue weighted by atomic mass is 10.1. The summed E-state index contributed by atoms with van der Waals surface area (Å²) in [6.07, 6.45) is 2.23. The van der Waals surface area contributed by atoms with Gasteiger partial charge in [-0.15, -0.1) is 0 Å². The van der Waals surface area contributed by atoms with Crippen molar-refractivity contribution in [3.05, 3.63) is 47.3 Å². The maximum Gasteiger partial charge on any atom is 0.257 e. The molecule has 2 aliphatic rings. The Hall–Kier alpha value is -2.67. The first-order valence-electron chi connectivity index (χ1n) is 10.5. The maximum absolute atomic E-state index is 13.2. The fourth-order valence-corrected chi connectivity index (χ4v) is 4.30. The van der Waals surface area contributed by atoms with E-state index in [1.165, 1.54) is 0 Å². The number of carbonyl (C=O) groups excluding carboxylic acids is 2. The number of aromatic nitrogens is 2. The number of nitrogens with zero attached hydrogens (tertiary/aromatic N) is 5. The van der Waals surface area contributed by atoms with E-state index in [2.05, 4.69) is 10.00 Å². The summed E-state index contributed by atoms with van der Waals surface area (Å²) in [6.45, 7) is 8.83. The molecular weight excluding hydrogens is 366 g/mol. The minimum Gasteiger partial charge on any atom is -0.342 e. The van der Waals surface area contributed by atoms with Gasteiger partial charge >= 0.3 is 0 Å². The second kappa shape index (κ2) is 8.37. The maximum atomic E-state index is 13.2. The monoisotopic (exact) mass is 395 g/mol. The van der Waals surface area contributed by atoms with Crippen LogP contribution in [0.25, 0.3) is 5.69 Å². The van der Waals surface area contributed by atoms with Crippen LogP contribution in [0.2, 0.25) is 0 Å². The lowest BCUT2D eigenvalue weighted by Gasteiger charge is -2.35. The van der Waals surface area contributed by atoms with Crippen molar-refractivity contribution in [3.63, 3.8) is 0 Å². The molecule has 2 aromatic rings. The fraction of sp³-hybridized carbons (Fsp3) is 0.500. The van der Waals surface area contributed by atoms with Crippen molar-refractivity contribution in [1.29, 1.82) is 0 Å². The van der Waals surface area contributed by atoms with Crippen LogP contribution < -0.4 is 0 Å². The van der Waals surface area contributed by atoms with Crippen LogP contribution >= 0.6 is 0 Å². The van der Waals surface area contributed by atoms with Crippen molar-refractivity contribution >= 4 is 11.8 Å². The zero-order valence-electron chi connectivity index (χ0n) is 17.3. The predicted molar refractivity (Wildman–Crippen MR) is 111 cm³/mol. The number of carbonyl (C=O) groups is 2. The van der Waals surface area contributed by atoms with Gasteiger partial charge in [0.15, 0.2) is 0 Å². The third-order valence-corrected chi connectivity index (χ3v) is 5.98. The molecule has 0 aliphatic carbocycles. The molecule has 0 atom stereocenters. The largest absolute Gasteiger partial charge is 0.342 e. The van der Waals surface area contributed by atoms with E-state index in [1.54, 1.807) is 0 Å². The van der Waals surface area contributed by atoms with Gasteiger partial charge < -0.3 is 9.80 Å². The molecule has 0 spiro atoms. The van der Waals surface area contributed by atoms with Gasteiger partial charge in [-0.3, -0.25) is 14.5 Å². The summed E-state index contributed by atoms with van der Waals surface area (Å²) in [4.78, 5) is 31.6. The molecule has 7 nitrogen and oxygen atoms in total. The second-order valence-electron chi connectivity index (χ2n) is 7.95. The number of likely N-dealkylation sites (tertiary alicyclic amines) is 1. The zero-order chi connectivity index (χ0) is 20.4. The molecule has 0 N–H and O–H groups in total. The molecular formula is C22H29N5O2. The van der Waals surface area contributed by atoms with E-state index in [-0.39, 0.29) is 11.8 Å². The molecule has 2 fully saturated rings. The van der Waals surface area contributed by atoms with E-state index < -0.39 is 0 Å². The van der Waals surface area contributed by atoms with Crippen molar-refractivity contribution in [2.45, 2.75) is 26.7 Å². The number of rotatable bonds is 4. The summed E-state index contributed by atoms with van der Waals surface area (Å²) in [7, 11) is 0. The van der Waals surface area contributed by atoms with Crippen molar-refractivity contribution in [3.8, 4) is 5.69 Å². The summed E-state index contributed by atoms with van der Waals surface area (Å²) < 4.78 is 1.84. The smallest absolute Gasteiger partial charge is 0.257 e. The quantitative estimate of drug-likeness (QED) is 0.793. The molecule has 0 unspecified atom stereocenters. The number of amides is 2. The van der Waals surface area contributed by atoms with E-state index in [4.69, 9.17) is 0 Å². The Bertz CT molecular complexity index is 878. The summed E-state index contributed by atoms with van der Waals surface area (Å²) in [5.74, 6) is 0.255. The number of para-hydroxylation sites is 1. The summed E-state index contributed by atoms with van der Waals surface area (Å²) in [5.41, 5.74) is 3.26. The van der Waals surface area contributed by atoms with E-state index in [0.29, 0.717) is 25.2 Å². The van der Waals surface area contributed by atoms with E-state index in [9.17, 15) is 9.59 Å². The highest BCUT2D eigenvalue weighted by Crippen LogP contribution is 2.20. The van der Waals surface area contributed by atoms with Crippen LogP contribution in [0, 0.1) is 13.8 Å². The number of benzene rings is 1. The molecule has 0 radical (unpaired) electrons. The Labute approximate surface area is 171 Å². The molecule has 2 amide bonds. The van der Waals surface area contributed by atoms with Gasteiger partial charge in [0.25, 0.3) is 5.91 Å². The molecule has 4 rings (SSSR count). The van der Waals surface area contributed by atoms with E-state index in [1.807, 2.05) is 58.7 Å². The van der Waals surface area contributed by atoms with Crippen LogP contribution in [-0.4, -0.2) is 82.1 Å². The molecule has 154 valence electrons. The van der Waals surface area contributed by atoms with Gasteiger partial charge in [-0.25, -0.2) is 4.68 Å². The Morgan fingerprint density at radius 3 is 2.21 bits per heavy atom. The van der Waals surface area contributed by atoms with Crippen molar-refractivity contribution in [1.82, 2.24) is 24.5 Å². The molecule has 1 aromatic carbocycles. The molecule has 29 heavy (non-hydrogen) atoms. The first-order valence-corrected chi connectivity index (χ1v) is 10.5. The first kappa shape index (κ1) is 19.6. The van der Waals surface area contributed by atoms with Gasteiger partial charge in [0.05, 0.1) is 29.2 Å². The van der Waals surface area contributed by atoms with Gasteiger partial charge in [-0.2, -0.15) is 5.10 Å². The Morgan fingerprint density at radius 1 is 0.897 bits per heavy atom. The van der Waals surface area contributed by atoms with Crippen LogP contribution in [0.1, 0.15) is 34.6 Å². The fourth-order valence-electron chi connectivity index (χ4n) is 4.30. The van der Waals surface area contributed by atoms with Crippen LogP contribution in [-0.2, 0) is 4.79 Å². The number of hydrogen-bond acceptors (Lipinski definition) is 4. The third-order valence-electron chi connectivity index (χ3n) is 5.98. The number of hydrogen-bond donors (Lipinski definition) is 0. The van der Waals surface area contributed by atoms with Gasteiger partial charge in [-0.1, -0.05) is 18.2 Å². The second-order valence-corrected chi connectivity index (χ2v) is 7.95. The van der Waals surface area contributed by atoms with Gasteiger partial charge in [0, 0.05) is 39.3 Å². The third kappa shape index (κ3) is 4.05. The zero-order valence-corrected chi connectivity index (χ0v) is 17.3. The van der Waals surface area contributed by atoms with Gasteiger partial charge in [0.2, 0.25) is 5.91 Å². The highest BCUT2D eigenvalue weighted by atomic mass is 16.2. The number of aryl methyl sites for hydroxylation is 1. The van der Waals surface area contributed by atoms with Crippen molar-refractivity contribution in [2.75, 3.05) is 45.8 Å². The van der Waals surface area contributed by atoms with E-state index in [0.717, 1.165) is 56.1 Å². The summed E-state index contributed by atoms with van der Waals surface area (Å²) >= 11 is 0. The van der Waals surface area contributed by atoms with Crippen LogP contribution in [0.4, 0.5) is 0 Å². The average Bonchev–Trinajstić information content (AvgIpc) is 3.37. The molecule has 2 aliphatic heterocycles. The van der Waals surface area contributed by atoms with Crippen LogP contribution in [0.5, 0.6) is 0 Å². The highest BCUT2D eigenvalue weighted by molar-refractivity contribution is 5.96. The lowest BCUT2D eigenvalue weighted by Crippen LogP contribution is -2.51. The Kier molecular flexibility index (Phi) is 5.67. The Balaban J connectivity index is 1.40. The first-order chi connectivity index (χ1) is 14.0. The van der Waals surface area contributed by atoms with E-state index >= 15 is 0 Å². The standard InChI is InChI=1S/C22H29N5O2/c1-17-21(18(2)27(23-17)19-8-4-3-5-9-19)22(29)26-14-12-24(13-15-26)16-20(28)25-10-6-7-11-25/h3-5,8-9H,6-7,10-16H2,1-2H3. The molecule has 3 heterocycles. The SMILES string of the molecule is Cc1nn(-c2ccccc2)c(C)c1C(=O)N1CCN(CC(=O)N2CCCC2)CC1. The minimum absolute atomic E-state index is 0.0349. The van der Waals surface area contributed by atoms with Gasteiger partial charge in [-0.05, 0) is 38.8 Å². The molecule has 0 bridgehead atoms. The predicted octanol–water partition coefficient (Wildman–Crippen LogP) is 1.87. The van der Waals surface area contributed by atoms with Gasteiger partial charge in [0.1, 0.15) is 0 Å². The number of piperazine rings is 1. The Morgan fingerprint density at radius 2 is 1.55 bits per heavy atom. The molecule has 0 saturated carbocycles. The molecule has 2 saturated heterocycles. The van der Waals surface area contributed by atoms with Crippen LogP contribution in [0.15, 0.2) is 30.3 Å². The van der Waals surface area contributed by atoms with Crippen LogP contribution in [0.3, 0.4) is 0 Å². The van der Waals surface area contributed by atoms with Crippen molar-refractivity contribution in [2.24, 2.45) is 0 Å². The highest BCUT2D eigenvalue weighted by Gasteiger charge is 2.28. The minimum atomic E-state index is 0.0349. The molecule has 7 heteroatoms. The topological polar surface area (TPSA) is 61.7 Å². The average molecular weight is 396 g/mol. The lowest BCUT2D eigenvalue weighted by molar-refractivity contribution is -0.131. The normalized spacial score (nSPS) is 17.7. The summed E-state index contributed by atoms with van der Waals surface area (Å²) in [5, 5.41) is 4.60. The summed E-state index contributed by atoms with van der Waals surface area (Å²) in [6, 6.07) is 9.88. The molecule has 1 aromatic heterocycles.